The monoisotopic (exact) mass is 507 g/mol. The van der Waals surface area contributed by atoms with E-state index in [-0.39, 0.29) is 11.3 Å². The minimum atomic E-state index is -4.29. The second-order valence-electron chi connectivity index (χ2n) is 9.06. The van der Waals surface area contributed by atoms with Crippen molar-refractivity contribution in [1.82, 2.24) is 24.6 Å². The van der Waals surface area contributed by atoms with Crippen molar-refractivity contribution < 1.29 is 17.6 Å². The highest BCUT2D eigenvalue weighted by Crippen LogP contribution is 2.65. The molecule has 1 saturated carbocycles. The molecule has 1 saturated heterocycles. The van der Waals surface area contributed by atoms with Gasteiger partial charge in [0.05, 0.1) is 11.3 Å². The number of hydrogen-bond acceptors (Lipinski definition) is 6. The number of halogens is 3. The third-order valence-electron chi connectivity index (χ3n) is 6.93. The lowest BCUT2D eigenvalue weighted by Gasteiger charge is -2.17. The van der Waals surface area contributed by atoms with Crippen LogP contribution < -0.4 is 0 Å². The normalized spacial score (nSPS) is 21.9. The van der Waals surface area contributed by atoms with Crippen molar-refractivity contribution in [2.24, 2.45) is 12.5 Å². The lowest BCUT2D eigenvalue weighted by Crippen LogP contribution is -2.23. The van der Waals surface area contributed by atoms with Gasteiger partial charge in [0.2, 0.25) is 5.82 Å². The first-order valence-corrected chi connectivity index (χ1v) is 13.1. The maximum atomic E-state index is 13.4. The minimum absolute atomic E-state index is 0.0158. The number of likely N-dealkylation sites (tertiary alicyclic amines) is 1. The van der Waals surface area contributed by atoms with Gasteiger partial charge in [-0.3, -0.25) is 0 Å². The zero-order valence-electron chi connectivity index (χ0n) is 20.6. The Morgan fingerprint density at radius 1 is 1.20 bits per heavy atom. The average Bonchev–Trinajstić information content (AvgIpc) is 3.11. The van der Waals surface area contributed by atoms with Gasteiger partial charge in [0.25, 0.3) is 0 Å². The van der Waals surface area contributed by atoms with E-state index in [2.05, 4.69) is 20.1 Å². The van der Waals surface area contributed by atoms with Crippen LogP contribution in [-0.4, -0.2) is 50.0 Å². The summed E-state index contributed by atoms with van der Waals surface area (Å²) in [5.74, 6) is 2.20. The molecule has 1 aromatic carbocycles. The Labute approximate surface area is 208 Å². The van der Waals surface area contributed by atoms with Gasteiger partial charge in [-0.05, 0) is 62.2 Å². The standard InChI is InChI=1S/C23H26F3N5OS.C2H6/c1-15-19(32-14-27-15)20-28-29-21(30(20)2)33-11-5-9-31-10-8-22(13-31)12-18(22)16-6-3-4-7-17(16)23(24,25)26;1-2/h3-4,6-7,14,18H,5,8-13H2,1-2H3;1-2H3/t18-,22-;/m0./s1. The van der Waals surface area contributed by atoms with Gasteiger partial charge >= 0.3 is 6.18 Å². The Morgan fingerprint density at radius 2 is 1.97 bits per heavy atom. The number of nitrogens with zero attached hydrogens (tertiary/aromatic N) is 5. The SMILES string of the molecule is CC.Cc1ncoc1-c1nnc(SCCCN2CC[C@]3(C[C@H]3c3ccccc3C(F)(F)F)C2)n1C. The van der Waals surface area contributed by atoms with Gasteiger partial charge in [-0.1, -0.05) is 43.8 Å². The molecule has 2 fully saturated rings. The van der Waals surface area contributed by atoms with E-state index in [1.807, 2.05) is 32.4 Å². The largest absolute Gasteiger partial charge is 0.440 e. The summed E-state index contributed by atoms with van der Waals surface area (Å²) in [4.78, 5) is 6.50. The average molecular weight is 508 g/mol. The van der Waals surface area contributed by atoms with Crippen LogP contribution in [0.4, 0.5) is 13.2 Å². The molecule has 2 atom stereocenters. The van der Waals surface area contributed by atoms with Crippen molar-refractivity contribution in [2.75, 3.05) is 25.4 Å². The molecule has 10 heteroatoms. The zero-order valence-corrected chi connectivity index (χ0v) is 21.4. The quantitative estimate of drug-likeness (QED) is 0.281. The molecule has 3 heterocycles. The molecule has 2 aromatic heterocycles. The van der Waals surface area contributed by atoms with Crippen molar-refractivity contribution in [3.05, 3.63) is 47.5 Å². The van der Waals surface area contributed by atoms with Crippen LogP contribution in [0, 0.1) is 12.3 Å². The smallest absolute Gasteiger partial charge is 0.416 e. The van der Waals surface area contributed by atoms with Gasteiger partial charge in [-0.2, -0.15) is 13.2 Å². The van der Waals surface area contributed by atoms with Crippen molar-refractivity contribution >= 4 is 11.8 Å². The van der Waals surface area contributed by atoms with Crippen molar-refractivity contribution in [3.8, 4) is 11.6 Å². The van der Waals surface area contributed by atoms with Gasteiger partial charge < -0.3 is 13.9 Å². The van der Waals surface area contributed by atoms with Crippen LogP contribution in [0.2, 0.25) is 0 Å². The highest BCUT2D eigenvalue weighted by Gasteiger charge is 2.59. The highest BCUT2D eigenvalue weighted by molar-refractivity contribution is 7.99. The first-order chi connectivity index (χ1) is 16.8. The summed E-state index contributed by atoms with van der Waals surface area (Å²) in [5.41, 5.74) is 0.802. The third kappa shape index (κ3) is 5.28. The van der Waals surface area contributed by atoms with Crippen molar-refractivity contribution in [1.29, 1.82) is 0 Å². The van der Waals surface area contributed by atoms with E-state index in [1.165, 1.54) is 18.5 Å². The van der Waals surface area contributed by atoms with E-state index in [1.54, 1.807) is 23.9 Å². The topological polar surface area (TPSA) is 60.0 Å². The fourth-order valence-corrected chi connectivity index (χ4v) is 5.91. The molecule has 6 nitrogen and oxygen atoms in total. The summed E-state index contributed by atoms with van der Waals surface area (Å²) in [6, 6.07) is 6.08. The molecule has 0 N–H and O–H groups in total. The van der Waals surface area contributed by atoms with E-state index in [4.69, 9.17) is 4.42 Å². The number of hydrogen-bond donors (Lipinski definition) is 0. The lowest BCUT2D eigenvalue weighted by atomic mass is 9.95. The lowest BCUT2D eigenvalue weighted by molar-refractivity contribution is -0.138. The zero-order chi connectivity index (χ0) is 25.2. The van der Waals surface area contributed by atoms with Crippen LogP contribution in [0.15, 0.2) is 40.2 Å². The third-order valence-corrected chi connectivity index (χ3v) is 8.04. The fraction of sp³-hybridized carbons (Fsp3) is 0.560. The summed E-state index contributed by atoms with van der Waals surface area (Å²) in [7, 11) is 1.91. The molecule has 0 unspecified atom stereocenters. The number of aryl methyl sites for hydroxylation is 1. The first-order valence-electron chi connectivity index (χ1n) is 12.1. The van der Waals surface area contributed by atoms with Crippen LogP contribution in [-0.2, 0) is 13.2 Å². The molecule has 5 rings (SSSR count). The molecule has 1 spiro atoms. The first kappa shape index (κ1) is 25.8. The predicted molar refractivity (Wildman–Crippen MR) is 130 cm³/mol. The molecule has 1 aliphatic heterocycles. The Balaban J connectivity index is 0.00000141. The Hall–Kier alpha value is -2.33. The molecule has 2 aliphatic rings. The summed E-state index contributed by atoms with van der Waals surface area (Å²) in [5, 5.41) is 9.33. The van der Waals surface area contributed by atoms with E-state index in [0.29, 0.717) is 17.1 Å². The van der Waals surface area contributed by atoms with E-state index in [9.17, 15) is 13.2 Å². The second-order valence-corrected chi connectivity index (χ2v) is 10.1. The fourth-order valence-electron chi connectivity index (χ4n) is 5.08. The number of oxazole rings is 1. The van der Waals surface area contributed by atoms with Crippen LogP contribution in [0.5, 0.6) is 0 Å². The number of thioether (sulfide) groups is 1. The maximum absolute atomic E-state index is 13.4. The predicted octanol–water partition coefficient (Wildman–Crippen LogP) is 6.19. The van der Waals surface area contributed by atoms with E-state index < -0.39 is 11.7 Å². The molecule has 190 valence electrons. The molecule has 35 heavy (non-hydrogen) atoms. The molecule has 0 amide bonds. The number of aromatic nitrogens is 4. The van der Waals surface area contributed by atoms with Crippen molar-refractivity contribution in [3.63, 3.8) is 0 Å². The van der Waals surface area contributed by atoms with Gasteiger partial charge in [-0.25, -0.2) is 4.98 Å². The summed E-state index contributed by atoms with van der Waals surface area (Å²) >= 11 is 1.65. The minimum Gasteiger partial charge on any atom is -0.440 e. The number of rotatable bonds is 7. The van der Waals surface area contributed by atoms with Crippen LogP contribution in [0.1, 0.15) is 55.8 Å². The van der Waals surface area contributed by atoms with Gasteiger partial charge in [0, 0.05) is 19.3 Å². The van der Waals surface area contributed by atoms with Gasteiger partial charge in [-0.15, -0.1) is 10.2 Å². The Bertz CT molecular complexity index is 1140. The van der Waals surface area contributed by atoms with Crippen LogP contribution in [0.3, 0.4) is 0 Å². The summed E-state index contributed by atoms with van der Waals surface area (Å²) in [6.07, 6.45) is -0.0781. The summed E-state index contributed by atoms with van der Waals surface area (Å²) in [6.45, 7) is 8.64. The molecule has 3 aromatic rings. The van der Waals surface area contributed by atoms with Gasteiger partial charge in [0.1, 0.15) is 0 Å². The highest BCUT2D eigenvalue weighted by atomic mass is 32.2. The number of alkyl halides is 3. The van der Waals surface area contributed by atoms with E-state index in [0.717, 1.165) is 55.5 Å². The second kappa shape index (κ2) is 10.3. The molecule has 1 aliphatic carbocycles. The van der Waals surface area contributed by atoms with Crippen LogP contribution >= 0.6 is 11.8 Å². The van der Waals surface area contributed by atoms with Gasteiger partial charge in [0.15, 0.2) is 17.3 Å². The Kier molecular flexibility index (Phi) is 7.61. The Morgan fingerprint density at radius 3 is 2.69 bits per heavy atom. The summed E-state index contributed by atoms with van der Waals surface area (Å²) < 4.78 is 47.6. The maximum Gasteiger partial charge on any atom is 0.416 e. The molecular weight excluding hydrogens is 475 g/mol. The molecule has 0 radical (unpaired) electrons. The van der Waals surface area contributed by atoms with E-state index >= 15 is 0 Å². The number of benzene rings is 1. The molecular formula is C25H32F3N5OS. The van der Waals surface area contributed by atoms with Crippen LogP contribution in [0.25, 0.3) is 11.6 Å². The molecule has 0 bridgehead atoms. The van der Waals surface area contributed by atoms with Crippen molar-refractivity contribution in [2.45, 2.75) is 57.3 Å².